The third-order valence-corrected chi connectivity index (χ3v) is 6.40. The summed E-state index contributed by atoms with van der Waals surface area (Å²) in [6.07, 6.45) is 2.58. The molecule has 3 aliphatic rings. The van der Waals surface area contributed by atoms with Crippen LogP contribution < -0.4 is 5.32 Å². The maximum atomic E-state index is 13.3. The molecule has 4 amide bonds. The van der Waals surface area contributed by atoms with Gasteiger partial charge in [-0.15, -0.1) is 0 Å². The summed E-state index contributed by atoms with van der Waals surface area (Å²) in [5.41, 5.74) is 0.413. The quantitative estimate of drug-likeness (QED) is 0.721. The molecule has 1 atom stereocenters. The third kappa shape index (κ3) is 3.86. The Bertz CT molecular complexity index is 776. The number of nitrogens with one attached hydrogen (secondary N) is 1. The van der Waals surface area contributed by atoms with Crippen LogP contribution in [0.15, 0.2) is 30.3 Å². The van der Waals surface area contributed by atoms with E-state index in [-0.39, 0.29) is 23.9 Å². The van der Waals surface area contributed by atoms with Crippen molar-refractivity contribution in [1.29, 1.82) is 0 Å². The highest BCUT2D eigenvalue weighted by atomic mass is 16.3. The molecule has 8 nitrogen and oxygen atoms in total. The van der Waals surface area contributed by atoms with Crippen molar-refractivity contribution in [3.8, 4) is 0 Å². The monoisotopic (exact) mass is 400 g/mol. The molecule has 156 valence electrons. The number of aliphatic hydroxyl groups is 1. The standard InChI is InChI=1S/C21H28N4O4/c26-15-18(27)24-10-4-7-17(14-24)25-19(28)21(22-20(25)29)8-11-23(12-9-21)13-16-5-2-1-3-6-16/h1-3,5-6,17,26H,4,7-15H2,(H,22,29)/t17-/m0/s1. The number of urea groups is 1. The van der Waals surface area contributed by atoms with Crippen LogP contribution in [0, 0.1) is 0 Å². The summed E-state index contributed by atoms with van der Waals surface area (Å²) in [4.78, 5) is 43.0. The van der Waals surface area contributed by atoms with Crippen molar-refractivity contribution in [1.82, 2.24) is 20.0 Å². The number of nitrogens with zero attached hydrogens (tertiary/aromatic N) is 3. The van der Waals surface area contributed by atoms with E-state index in [0.717, 1.165) is 19.6 Å². The normalized spacial score (nSPS) is 24.8. The predicted octanol–water partition coefficient (Wildman–Crippen LogP) is 0.556. The van der Waals surface area contributed by atoms with Crippen LogP contribution in [0.1, 0.15) is 31.2 Å². The molecule has 29 heavy (non-hydrogen) atoms. The highest BCUT2D eigenvalue weighted by molar-refractivity contribution is 6.07. The average Bonchev–Trinajstić information content (AvgIpc) is 2.99. The number of benzene rings is 1. The van der Waals surface area contributed by atoms with Crippen LogP contribution in [0.3, 0.4) is 0 Å². The number of carbonyl (C=O) groups is 3. The zero-order valence-corrected chi connectivity index (χ0v) is 16.5. The number of amides is 4. The first kappa shape index (κ1) is 19.8. The fourth-order valence-corrected chi connectivity index (χ4v) is 4.74. The summed E-state index contributed by atoms with van der Waals surface area (Å²) in [5, 5.41) is 12.1. The fraction of sp³-hybridized carbons (Fsp3) is 0.571. The van der Waals surface area contributed by atoms with Crippen LogP contribution in [0.5, 0.6) is 0 Å². The summed E-state index contributed by atoms with van der Waals surface area (Å²) in [7, 11) is 0. The summed E-state index contributed by atoms with van der Waals surface area (Å²) < 4.78 is 0. The first-order valence-corrected chi connectivity index (χ1v) is 10.3. The molecule has 0 aromatic heterocycles. The molecule has 8 heteroatoms. The van der Waals surface area contributed by atoms with Gasteiger partial charge in [0.15, 0.2) is 0 Å². The minimum absolute atomic E-state index is 0.162. The smallest absolute Gasteiger partial charge is 0.325 e. The van der Waals surface area contributed by atoms with Crippen LogP contribution in [0.2, 0.25) is 0 Å². The Kier molecular flexibility index (Phi) is 5.56. The predicted molar refractivity (Wildman–Crippen MR) is 106 cm³/mol. The number of carbonyl (C=O) groups excluding carboxylic acids is 3. The molecular formula is C21H28N4O4. The second-order valence-corrected chi connectivity index (χ2v) is 8.24. The minimum Gasteiger partial charge on any atom is -0.387 e. The van der Waals surface area contributed by atoms with Crippen molar-refractivity contribution in [3.63, 3.8) is 0 Å². The molecule has 3 fully saturated rings. The molecular weight excluding hydrogens is 372 g/mol. The van der Waals surface area contributed by atoms with E-state index in [9.17, 15) is 14.4 Å². The zero-order chi connectivity index (χ0) is 20.4. The molecule has 0 saturated carbocycles. The summed E-state index contributed by atoms with van der Waals surface area (Å²) >= 11 is 0. The van der Waals surface area contributed by atoms with Gasteiger partial charge in [0, 0.05) is 32.7 Å². The van der Waals surface area contributed by atoms with Gasteiger partial charge in [0.1, 0.15) is 12.1 Å². The van der Waals surface area contributed by atoms with E-state index >= 15 is 0 Å². The van der Waals surface area contributed by atoms with Crippen LogP contribution >= 0.6 is 0 Å². The summed E-state index contributed by atoms with van der Waals surface area (Å²) in [6, 6.07) is 9.55. The molecule has 1 spiro atoms. The van der Waals surface area contributed by atoms with Crippen molar-refractivity contribution in [2.45, 2.75) is 43.8 Å². The Morgan fingerprint density at radius 1 is 1.14 bits per heavy atom. The first-order valence-electron chi connectivity index (χ1n) is 10.3. The zero-order valence-electron chi connectivity index (χ0n) is 16.5. The van der Waals surface area contributed by atoms with E-state index in [1.54, 1.807) is 4.90 Å². The Labute approximate surface area is 170 Å². The van der Waals surface area contributed by atoms with Gasteiger partial charge in [-0.2, -0.15) is 0 Å². The Balaban J connectivity index is 1.40. The van der Waals surface area contributed by atoms with E-state index in [1.165, 1.54) is 10.5 Å². The second kappa shape index (κ2) is 8.12. The molecule has 0 radical (unpaired) electrons. The van der Waals surface area contributed by atoms with Gasteiger partial charge in [0.2, 0.25) is 5.91 Å². The second-order valence-electron chi connectivity index (χ2n) is 8.24. The van der Waals surface area contributed by atoms with Crippen molar-refractivity contribution < 1.29 is 19.5 Å². The van der Waals surface area contributed by atoms with E-state index in [0.29, 0.717) is 38.8 Å². The Hall–Kier alpha value is -2.45. The van der Waals surface area contributed by atoms with E-state index in [2.05, 4.69) is 22.3 Å². The van der Waals surface area contributed by atoms with Gasteiger partial charge >= 0.3 is 6.03 Å². The number of hydrogen-bond donors (Lipinski definition) is 2. The molecule has 1 aromatic carbocycles. The number of likely N-dealkylation sites (tertiary alicyclic amines) is 2. The Morgan fingerprint density at radius 2 is 1.86 bits per heavy atom. The lowest BCUT2D eigenvalue weighted by molar-refractivity contribution is -0.140. The van der Waals surface area contributed by atoms with Gasteiger partial charge in [-0.25, -0.2) is 4.79 Å². The summed E-state index contributed by atoms with van der Waals surface area (Å²) in [6.45, 7) is 2.63. The van der Waals surface area contributed by atoms with Crippen LogP contribution in [0.25, 0.3) is 0 Å². The van der Waals surface area contributed by atoms with Gasteiger partial charge in [-0.1, -0.05) is 30.3 Å². The highest BCUT2D eigenvalue weighted by Crippen LogP contribution is 2.32. The Morgan fingerprint density at radius 3 is 2.55 bits per heavy atom. The van der Waals surface area contributed by atoms with Gasteiger partial charge in [0.05, 0.1) is 6.04 Å². The SMILES string of the molecule is O=C(CO)N1CCC[C@H](N2C(=O)NC3(CCN(Cc4ccccc4)CC3)C2=O)C1. The third-order valence-electron chi connectivity index (χ3n) is 6.40. The highest BCUT2D eigenvalue weighted by Gasteiger charge is 2.54. The van der Waals surface area contributed by atoms with Crippen molar-refractivity contribution in [3.05, 3.63) is 35.9 Å². The van der Waals surface area contributed by atoms with Crippen molar-refractivity contribution >= 4 is 17.8 Å². The van der Waals surface area contributed by atoms with Crippen LogP contribution in [-0.2, 0) is 16.1 Å². The lowest BCUT2D eigenvalue weighted by atomic mass is 9.87. The number of rotatable bonds is 4. The fourth-order valence-electron chi connectivity index (χ4n) is 4.74. The lowest BCUT2D eigenvalue weighted by Crippen LogP contribution is -2.56. The van der Waals surface area contributed by atoms with E-state index < -0.39 is 12.1 Å². The molecule has 3 heterocycles. The largest absolute Gasteiger partial charge is 0.387 e. The topological polar surface area (TPSA) is 93.2 Å². The van der Waals surface area contributed by atoms with Gasteiger partial charge in [-0.3, -0.25) is 19.4 Å². The maximum Gasteiger partial charge on any atom is 0.325 e. The minimum atomic E-state index is -0.826. The number of imide groups is 1. The average molecular weight is 400 g/mol. The van der Waals surface area contributed by atoms with E-state index in [1.807, 2.05) is 18.2 Å². The molecule has 3 aliphatic heterocycles. The number of piperidine rings is 2. The van der Waals surface area contributed by atoms with Crippen molar-refractivity contribution in [2.75, 3.05) is 32.8 Å². The van der Waals surface area contributed by atoms with E-state index in [4.69, 9.17) is 5.11 Å². The van der Waals surface area contributed by atoms with Gasteiger partial charge in [-0.05, 0) is 31.2 Å². The van der Waals surface area contributed by atoms with Gasteiger partial charge < -0.3 is 15.3 Å². The first-order chi connectivity index (χ1) is 14.0. The van der Waals surface area contributed by atoms with Crippen LogP contribution in [0.4, 0.5) is 4.79 Å². The molecule has 0 aliphatic carbocycles. The molecule has 4 rings (SSSR count). The maximum absolute atomic E-state index is 13.3. The van der Waals surface area contributed by atoms with Gasteiger partial charge in [0.25, 0.3) is 5.91 Å². The molecule has 2 N–H and O–H groups in total. The summed E-state index contributed by atoms with van der Waals surface area (Å²) in [5.74, 6) is -0.518. The lowest BCUT2D eigenvalue weighted by Gasteiger charge is -2.39. The van der Waals surface area contributed by atoms with Crippen LogP contribution in [-0.4, -0.2) is 82.0 Å². The molecule has 0 unspecified atom stereocenters. The number of aliphatic hydroxyl groups excluding tert-OH is 1. The van der Waals surface area contributed by atoms with Crippen molar-refractivity contribution in [2.24, 2.45) is 0 Å². The molecule has 0 bridgehead atoms. The molecule has 3 saturated heterocycles. The number of hydrogen-bond acceptors (Lipinski definition) is 5. The molecule has 1 aromatic rings.